The summed E-state index contributed by atoms with van der Waals surface area (Å²) in [4.78, 5) is 5.03. The first-order valence-corrected chi connectivity index (χ1v) is 7.06. The molecule has 2 nitrogen and oxygen atoms in total. The Bertz CT molecular complexity index is 766. The highest BCUT2D eigenvalue weighted by molar-refractivity contribution is 6.13. The Hall–Kier alpha value is -3.00. The number of nitrogens with zero attached hydrogens (tertiary/aromatic N) is 1. The summed E-state index contributed by atoms with van der Waals surface area (Å²) >= 11 is 0. The summed E-state index contributed by atoms with van der Waals surface area (Å²) in [5.74, 6) is 5.74. The Labute approximate surface area is 138 Å². The summed E-state index contributed by atoms with van der Waals surface area (Å²) in [7, 11) is 0. The van der Waals surface area contributed by atoms with Gasteiger partial charge >= 0.3 is 6.18 Å². The maximum Gasteiger partial charge on any atom is 0.416 e. The van der Waals surface area contributed by atoms with Crippen molar-refractivity contribution in [1.29, 1.82) is 0 Å². The second-order valence-corrected chi connectivity index (χ2v) is 4.72. The number of halogens is 3. The van der Waals surface area contributed by atoms with E-state index in [-0.39, 0.29) is 12.3 Å². The minimum atomic E-state index is -4.38. The minimum absolute atomic E-state index is 0.178. The van der Waals surface area contributed by atoms with Crippen LogP contribution in [-0.4, -0.2) is 12.3 Å². The Morgan fingerprint density at radius 1 is 1.08 bits per heavy atom. The molecule has 0 unspecified atom stereocenters. The van der Waals surface area contributed by atoms with Gasteiger partial charge in [0.25, 0.3) is 0 Å². The maximum atomic E-state index is 12.6. The monoisotopic (exact) mass is 329 g/mol. The van der Waals surface area contributed by atoms with Crippen LogP contribution < -0.4 is 0 Å². The fourth-order valence-corrected chi connectivity index (χ4v) is 1.77. The molecule has 0 fully saturated rings. The normalized spacial score (nSPS) is 11.4. The highest BCUT2D eigenvalue weighted by Gasteiger charge is 2.30. The predicted molar refractivity (Wildman–Crippen MR) is 87.5 cm³/mol. The van der Waals surface area contributed by atoms with Crippen molar-refractivity contribution in [2.45, 2.75) is 6.18 Å². The van der Waals surface area contributed by atoms with Gasteiger partial charge in [0.1, 0.15) is 6.61 Å². The second-order valence-electron chi connectivity index (χ2n) is 4.72. The van der Waals surface area contributed by atoms with Crippen LogP contribution in [0, 0.1) is 11.8 Å². The Balaban J connectivity index is 2.31. The lowest BCUT2D eigenvalue weighted by molar-refractivity contribution is -0.137. The average Bonchev–Trinajstić information content (AvgIpc) is 2.58. The van der Waals surface area contributed by atoms with Crippen molar-refractivity contribution in [1.82, 2.24) is 0 Å². The summed E-state index contributed by atoms with van der Waals surface area (Å²) in [5, 5.41) is 3.88. The van der Waals surface area contributed by atoms with Gasteiger partial charge in [-0.05, 0) is 30.2 Å². The third kappa shape index (κ3) is 5.03. The molecule has 5 heteroatoms. The molecule has 0 heterocycles. The van der Waals surface area contributed by atoms with Crippen LogP contribution >= 0.6 is 0 Å². The van der Waals surface area contributed by atoms with E-state index in [1.807, 2.05) is 30.3 Å². The summed E-state index contributed by atoms with van der Waals surface area (Å²) in [6, 6.07) is 13.8. The van der Waals surface area contributed by atoms with Crippen LogP contribution in [0.2, 0.25) is 0 Å². The van der Waals surface area contributed by atoms with E-state index in [1.54, 1.807) is 0 Å². The molecular formula is C19H14F3NO. The lowest BCUT2D eigenvalue weighted by atomic mass is 10.1. The molecule has 0 saturated heterocycles. The van der Waals surface area contributed by atoms with E-state index in [0.29, 0.717) is 5.56 Å². The molecule has 0 saturated carbocycles. The molecule has 24 heavy (non-hydrogen) atoms. The van der Waals surface area contributed by atoms with Gasteiger partial charge in [0.15, 0.2) is 5.71 Å². The van der Waals surface area contributed by atoms with E-state index in [4.69, 9.17) is 4.84 Å². The molecule has 0 spiro atoms. The van der Waals surface area contributed by atoms with Crippen LogP contribution in [0.25, 0.3) is 0 Å². The Morgan fingerprint density at radius 3 is 2.33 bits per heavy atom. The van der Waals surface area contributed by atoms with E-state index in [2.05, 4.69) is 23.6 Å². The molecule has 0 bridgehead atoms. The molecule has 0 N–H and O–H groups in total. The molecule has 0 atom stereocenters. The summed E-state index contributed by atoms with van der Waals surface area (Å²) < 4.78 is 37.9. The zero-order valence-corrected chi connectivity index (χ0v) is 12.7. The van der Waals surface area contributed by atoms with Gasteiger partial charge in [0.2, 0.25) is 0 Å². The number of hydrogen-bond acceptors (Lipinski definition) is 2. The van der Waals surface area contributed by atoms with Gasteiger partial charge < -0.3 is 4.84 Å². The van der Waals surface area contributed by atoms with Crippen LogP contribution in [0.4, 0.5) is 13.2 Å². The molecule has 0 aliphatic rings. The molecule has 2 aromatic rings. The molecule has 0 aliphatic heterocycles. The van der Waals surface area contributed by atoms with Crippen LogP contribution in [0.1, 0.15) is 16.7 Å². The number of oxime groups is 1. The summed E-state index contributed by atoms with van der Waals surface area (Å²) in [6.07, 6.45) is -2.87. The largest absolute Gasteiger partial charge is 0.416 e. The van der Waals surface area contributed by atoms with Crippen LogP contribution in [-0.2, 0) is 11.0 Å². The van der Waals surface area contributed by atoms with Gasteiger partial charge in [0.05, 0.1) is 5.56 Å². The zero-order chi connectivity index (χ0) is 17.4. The molecular weight excluding hydrogens is 315 g/mol. The Morgan fingerprint density at radius 2 is 1.75 bits per heavy atom. The maximum absolute atomic E-state index is 12.6. The Kier molecular flexibility index (Phi) is 5.80. The molecule has 0 aromatic heterocycles. The van der Waals surface area contributed by atoms with Crippen LogP contribution in [0.5, 0.6) is 0 Å². The third-order valence-electron chi connectivity index (χ3n) is 2.93. The predicted octanol–water partition coefficient (Wildman–Crippen LogP) is 4.66. The first-order valence-electron chi connectivity index (χ1n) is 7.06. The van der Waals surface area contributed by atoms with Gasteiger partial charge in [-0.2, -0.15) is 13.2 Å². The van der Waals surface area contributed by atoms with E-state index < -0.39 is 11.7 Å². The molecule has 0 amide bonds. The third-order valence-corrected chi connectivity index (χ3v) is 2.93. The molecule has 0 radical (unpaired) electrons. The zero-order valence-electron chi connectivity index (χ0n) is 12.7. The quantitative estimate of drug-likeness (QED) is 0.263. The number of hydrogen-bond donors (Lipinski definition) is 0. The average molecular weight is 329 g/mol. The fourth-order valence-electron chi connectivity index (χ4n) is 1.77. The standard InChI is InChI=1S/C19H14F3NO/c1-2-14-24-23-18(13-8-15-6-4-3-5-7-15)16-9-11-17(12-10-16)19(20,21)22/h2-7,9-12H,1,14H2/b23-18+. The highest BCUT2D eigenvalue weighted by Crippen LogP contribution is 2.29. The highest BCUT2D eigenvalue weighted by atomic mass is 19.4. The molecule has 0 aliphatic carbocycles. The summed E-state index contributed by atoms with van der Waals surface area (Å²) in [6.45, 7) is 3.68. The van der Waals surface area contributed by atoms with E-state index in [0.717, 1.165) is 17.7 Å². The van der Waals surface area contributed by atoms with Crippen LogP contribution in [0.3, 0.4) is 0 Å². The smallest absolute Gasteiger partial charge is 0.391 e. The molecule has 2 aromatic carbocycles. The van der Waals surface area contributed by atoms with Crippen molar-refractivity contribution in [2.24, 2.45) is 5.16 Å². The number of alkyl halides is 3. The van der Waals surface area contributed by atoms with Crippen molar-refractivity contribution >= 4 is 5.71 Å². The van der Waals surface area contributed by atoms with Crippen molar-refractivity contribution in [3.8, 4) is 11.8 Å². The van der Waals surface area contributed by atoms with E-state index in [9.17, 15) is 13.2 Å². The van der Waals surface area contributed by atoms with Gasteiger partial charge in [0, 0.05) is 11.1 Å². The molecule has 122 valence electrons. The summed E-state index contributed by atoms with van der Waals surface area (Å²) in [5.41, 5.74) is 0.722. The lowest BCUT2D eigenvalue weighted by Gasteiger charge is -2.07. The van der Waals surface area contributed by atoms with Crippen molar-refractivity contribution in [2.75, 3.05) is 6.61 Å². The fraction of sp³-hybridized carbons (Fsp3) is 0.105. The van der Waals surface area contributed by atoms with Gasteiger partial charge in [-0.3, -0.25) is 0 Å². The number of rotatable bonds is 4. The first kappa shape index (κ1) is 17.4. The number of benzene rings is 2. The van der Waals surface area contributed by atoms with Crippen molar-refractivity contribution in [3.63, 3.8) is 0 Å². The molecule has 2 rings (SSSR count). The minimum Gasteiger partial charge on any atom is -0.391 e. The van der Waals surface area contributed by atoms with Gasteiger partial charge in [-0.25, -0.2) is 0 Å². The van der Waals surface area contributed by atoms with Gasteiger partial charge in [-0.1, -0.05) is 54.1 Å². The van der Waals surface area contributed by atoms with Crippen molar-refractivity contribution in [3.05, 3.63) is 83.9 Å². The lowest BCUT2D eigenvalue weighted by Crippen LogP contribution is -2.06. The van der Waals surface area contributed by atoms with Crippen molar-refractivity contribution < 1.29 is 18.0 Å². The second kappa shape index (κ2) is 8.02. The SMILES string of the molecule is C=CCO/N=C(\C#Cc1ccccc1)c1ccc(C(F)(F)F)cc1. The van der Waals surface area contributed by atoms with Crippen LogP contribution in [0.15, 0.2) is 72.4 Å². The van der Waals surface area contributed by atoms with Gasteiger partial charge in [-0.15, -0.1) is 0 Å². The topological polar surface area (TPSA) is 21.6 Å². The first-order chi connectivity index (χ1) is 11.5. The van der Waals surface area contributed by atoms with E-state index >= 15 is 0 Å². The van der Waals surface area contributed by atoms with E-state index in [1.165, 1.54) is 18.2 Å².